The van der Waals surface area contributed by atoms with E-state index in [1.165, 1.54) is 0 Å². The van der Waals surface area contributed by atoms with E-state index in [2.05, 4.69) is 10.3 Å². The minimum absolute atomic E-state index is 0.00871. The molecule has 0 spiro atoms. The molecule has 2 unspecified atom stereocenters. The predicted octanol–water partition coefficient (Wildman–Crippen LogP) is 5.24. The molecule has 12 heteroatoms. The lowest BCUT2D eigenvalue weighted by Crippen LogP contribution is -2.41. The molecule has 3 aromatic heterocycles. The lowest BCUT2D eigenvalue weighted by molar-refractivity contribution is -0.510. The first kappa shape index (κ1) is 34.4. The van der Waals surface area contributed by atoms with Crippen molar-refractivity contribution in [3.63, 3.8) is 0 Å². The van der Waals surface area contributed by atoms with Crippen LogP contribution in [0.4, 0.5) is 13.2 Å². The third-order valence-corrected chi connectivity index (χ3v) is 8.05. The molecule has 0 aliphatic heterocycles. The molecular weight excluding hydrogens is 599 g/mol. The number of amides is 1. The summed E-state index contributed by atoms with van der Waals surface area (Å²) in [5, 5.41) is 12.7. The van der Waals surface area contributed by atoms with E-state index < -0.39 is 47.7 Å². The minimum atomic E-state index is -4.75. The van der Waals surface area contributed by atoms with Gasteiger partial charge in [0.05, 0.1) is 23.6 Å². The van der Waals surface area contributed by atoms with Crippen molar-refractivity contribution in [1.29, 1.82) is 0 Å². The molecule has 9 nitrogen and oxygen atoms in total. The van der Waals surface area contributed by atoms with Crippen LogP contribution in [0.1, 0.15) is 66.6 Å². The fourth-order valence-electron chi connectivity index (χ4n) is 5.85. The van der Waals surface area contributed by atoms with Gasteiger partial charge in [0.1, 0.15) is 24.6 Å². The van der Waals surface area contributed by atoms with E-state index in [-0.39, 0.29) is 24.3 Å². The monoisotopic (exact) mass is 640 g/mol. The molecule has 1 amide bonds. The van der Waals surface area contributed by atoms with Crippen LogP contribution in [0.2, 0.25) is 0 Å². The van der Waals surface area contributed by atoms with E-state index in [9.17, 15) is 32.7 Å². The number of carboxylic acids is 1. The number of likely N-dealkylation sites (N-methyl/N-ethyl adjacent to an activating group) is 1. The maximum Gasteiger partial charge on any atom is 0.416 e. The van der Waals surface area contributed by atoms with Crippen molar-refractivity contribution >= 4 is 17.5 Å². The number of benzene rings is 1. The standard InChI is InChI=1S/C34H40F3N5O4/c1-20(2)14-28(42-19-23(10-12-40(5)6)26(16-29(42)43)34(35,36)37)33(46)39-27(17-30(44)45)24-15-25(32-38-11-13-41(32)18-24)31-21(3)8-7-9-22(31)4/h7-9,11,13,15-16,18-20,27-28H,10,12,14,17H2,1-6H3,(H2,39,44,45,46)/p+1. The van der Waals surface area contributed by atoms with Gasteiger partial charge in [0, 0.05) is 24.4 Å². The highest BCUT2D eigenvalue weighted by Gasteiger charge is 2.36. The average Bonchev–Trinajstić information content (AvgIpc) is 3.43. The largest absolute Gasteiger partial charge is 0.481 e. The summed E-state index contributed by atoms with van der Waals surface area (Å²) in [6.07, 6.45) is 1.35. The van der Waals surface area contributed by atoms with Crippen LogP contribution >= 0.6 is 0 Å². The fourth-order valence-corrected chi connectivity index (χ4v) is 5.85. The summed E-state index contributed by atoms with van der Waals surface area (Å²) < 4.78 is 44.7. The molecule has 0 saturated heterocycles. The first-order valence-electron chi connectivity index (χ1n) is 15.1. The van der Waals surface area contributed by atoms with E-state index in [0.29, 0.717) is 18.2 Å². The van der Waals surface area contributed by atoms with Crippen LogP contribution < -0.4 is 15.3 Å². The maximum atomic E-state index is 14.0. The van der Waals surface area contributed by atoms with Crippen LogP contribution in [0.25, 0.3) is 16.8 Å². The van der Waals surface area contributed by atoms with Gasteiger partial charge in [0.2, 0.25) is 5.91 Å². The second-order valence-corrected chi connectivity index (χ2v) is 12.5. The lowest BCUT2D eigenvalue weighted by atomic mass is 9.93. The quantitative estimate of drug-likeness (QED) is 0.184. The summed E-state index contributed by atoms with van der Waals surface area (Å²) in [4.78, 5) is 44.3. The van der Waals surface area contributed by atoms with E-state index in [4.69, 9.17) is 0 Å². The topological polar surface area (TPSA) is 112 Å². The molecule has 4 rings (SSSR count). The zero-order valence-corrected chi connectivity index (χ0v) is 26.9. The van der Waals surface area contributed by atoms with Crippen molar-refractivity contribution in [2.75, 3.05) is 20.6 Å². The first-order valence-corrected chi connectivity index (χ1v) is 15.1. The number of rotatable bonds is 12. The summed E-state index contributed by atoms with van der Waals surface area (Å²) in [6.45, 7) is 7.94. The molecule has 3 heterocycles. The Morgan fingerprint density at radius 1 is 1.13 bits per heavy atom. The van der Waals surface area contributed by atoms with Crippen LogP contribution in [0.3, 0.4) is 0 Å². The normalized spacial score (nSPS) is 13.4. The molecule has 2 atom stereocenters. The van der Waals surface area contributed by atoms with E-state index in [1.807, 2.05) is 56.4 Å². The van der Waals surface area contributed by atoms with E-state index >= 15 is 0 Å². The summed E-state index contributed by atoms with van der Waals surface area (Å²) >= 11 is 0. The number of fused-ring (bicyclic) bond motifs is 1. The van der Waals surface area contributed by atoms with Gasteiger partial charge >= 0.3 is 12.1 Å². The highest BCUT2D eigenvalue weighted by molar-refractivity contribution is 5.83. The van der Waals surface area contributed by atoms with Gasteiger partial charge in [-0.05, 0) is 75.0 Å². The minimum Gasteiger partial charge on any atom is -0.481 e. The second-order valence-electron chi connectivity index (χ2n) is 12.5. The molecule has 246 valence electrons. The number of halogens is 3. The highest BCUT2D eigenvalue weighted by atomic mass is 19.4. The van der Waals surface area contributed by atoms with Crippen molar-refractivity contribution in [2.45, 2.75) is 65.2 Å². The van der Waals surface area contributed by atoms with Crippen molar-refractivity contribution in [3.05, 3.63) is 93.3 Å². The Labute approximate surface area is 265 Å². The van der Waals surface area contributed by atoms with E-state index in [1.54, 1.807) is 37.6 Å². The smallest absolute Gasteiger partial charge is 0.416 e. The molecule has 0 aliphatic rings. The maximum absolute atomic E-state index is 14.0. The number of nitrogens with one attached hydrogen (secondary N) is 2. The number of hydrogen-bond acceptors (Lipinski definition) is 4. The molecule has 0 fully saturated rings. The molecule has 0 saturated carbocycles. The van der Waals surface area contributed by atoms with Crippen LogP contribution in [-0.4, -0.2) is 52.1 Å². The van der Waals surface area contributed by atoms with Crippen LogP contribution in [0.5, 0.6) is 0 Å². The van der Waals surface area contributed by atoms with Gasteiger partial charge < -0.3 is 19.9 Å². The molecule has 1 aromatic carbocycles. The van der Waals surface area contributed by atoms with Gasteiger partial charge in [-0.15, -0.1) is 0 Å². The second kappa shape index (κ2) is 13.9. The molecule has 0 bridgehead atoms. The lowest BCUT2D eigenvalue weighted by Gasteiger charge is -2.26. The number of pyridine rings is 2. The highest BCUT2D eigenvalue weighted by Crippen LogP contribution is 2.33. The number of imidazole rings is 1. The van der Waals surface area contributed by atoms with Crippen LogP contribution in [0.15, 0.2) is 59.9 Å². The Morgan fingerprint density at radius 3 is 2.39 bits per heavy atom. The number of alkyl halides is 3. The number of carbonyl (C=O) groups excluding carboxylic acids is 1. The first-order chi connectivity index (χ1) is 21.6. The van der Waals surface area contributed by atoms with Gasteiger partial charge in [0.25, 0.3) is 11.2 Å². The van der Waals surface area contributed by atoms with Crippen LogP contribution in [0, 0.1) is 19.8 Å². The zero-order chi connectivity index (χ0) is 33.9. The van der Waals surface area contributed by atoms with Gasteiger partial charge in [0.15, 0.2) is 0 Å². The number of aliphatic carboxylic acids is 1. The number of nitrogens with zero attached hydrogens (tertiary/aromatic N) is 3. The number of aryl methyl sites for hydroxylation is 2. The molecular formula is C34H41F3N5O4+. The third-order valence-electron chi connectivity index (χ3n) is 8.05. The molecule has 0 aliphatic carbocycles. The SMILES string of the molecule is Cc1cccc(C)c1-c1cc(C(CC(=O)O)NC(=O)C(CC(C)C)n2cc(CCN(C)C)c(C(F)(F)F)cc2=O)c[n+]2cc[nH]c12. The van der Waals surface area contributed by atoms with Gasteiger partial charge in [-0.1, -0.05) is 32.0 Å². The number of H-pyrrole nitrogens is 1. The number of carbonyl (C=O) groups is 2. The Morgan fingerprint density at radius 2 is 1.80 bits per heavy atom. The molecule has 3 N–H and O–H groups in total. The number of carboxylic acid groups (broad SMARTS) is 1. The van der Waals surface area contributed by atoms with Crippen molar-refractivity contribution < 1.29 is 32.3 Å². The van der Waals surface area contributed by atoms with Crippen molar-refractivity contribution in [3.8, 4) is 11.1 Å². The Kier molecular flexibility index (Phi) is 10.4. The zero-order valence-electron chi connectivity index (χ0n) is 26.9. The van der Waals surface area contributed by atoms with Gasteiger partial charge in [-0.2, -0.15) is 13.2 Å². The molecule has 0 radical (unpaired) electrons. The fraction of sp³-hybridized carbons (Fsp3) is 0.412. The Balaban J connectivity index is 1.81. The molecule has 46 heavy (non-hydrogen) atoms. The van der Waals surface area contributed by atoms with E-state index in [0.717, 1.165) is 38.7 Å². The Bertz CT molecular complexity index is 1770. The van der Waals surface area contributed by atoms with Gasteiger partial charge in [-0.3, -0.25) is 14.4 Å². The number of aromatic amines is 1. The number of hydrogen-bond donors (Lipinski definition) is 3. The summed E-state index contributed by atoms with van der Waals surface area (Å²) in [7, 11) is 3.46. The van der Waals surface area contributed by atoms with Gasteiger partial charge in [-0.25, -0.2) is 9.38 Å². The van der Waals surface area contributed by atoms with Crippen molar-refractivity contribution in [2.24, 2.45) is 5.92 Å². The van der Waals surface area contributed by atoms with Crippen LogP contribution in [-0.2, 0) is 22.2 Å². The summed E-state index contributed by atoms with van der Waals surface area (Å²) in [6, 6.07) is 6.13. The Hall–Kier alpha value is -4.45. The average molecular weight is 641 g/mol. The molecule has 4 aromatic rings. The van der Waals surface area contributed by atoms with Crippen molar-refractivity contribution in [1.82, 2.24) is 19.8 Å². The summed E-state index contributed by atoms with van der Waals surface area (Å²) in [5.74, 6) is -1.93. The predicted molar refractivity (Wildman–Crippen MR) is 168 cm³/mol. The number of aromatic nitrogens is 3. The summed E-state index contributed by atoms with van der Waals surface area (Å²) in [5.41, 5.74) is 3.00. The third kappa shape index (κ3) is 7.85.